The molecule has 3 aromatic heterocycles. The van der Waals surface area contributed by atoms with Crippen molar-refractivity contribution in [3.05, 3.63) is 101 Å². The predicted molar refractivity (Wildman–Crippen MR) is 144 cm³/mol. The van der Waals surface area contributed by atoms with E-state index >= 15 is 0 Å². The van der Waals surface area contributed by atoms with Crippen molar-refractivity contribution >= 4 is 17.3 Å². The van der Waals surface area contributed by atoms with E-state index in [4.69, 9.17) is 14.9 Å². The maximum absolute atomic E-state index is 13.7. The number of fused-ring (bicyclic) bond motifs is 1. The molecule has 2 aliphatic carbocycles. The highest BCUT2D eigenvalue weighted by Crippen LogP contribution is 2.37. The van der Waals surface area contributed by atoms with Gasteiger partial charge in [-0.05, 0) is 43.0 Å². The molecule has 0 bridgehead atoms. The Morgan fingerprint density at radius 3 is 2.67 bits per heavy atom. The maximum atomic E-state index is 13.7. The molecule has 0 amide bonds. The summed E-state index contributed by atoms with van der Waals surface area (Å²) < 4.78 is 13.5. The first kappa shape index (κ1) is 24.7. The number of hydrogen-bond donors (Lipinski definition) is 0. The van der Waals surface area contributed by atoms with E-state index in [0.29, 0.717) is 30.5 Å². The molecule has 0 N–H and O–H groups in total. The van der Waals surface area contributed by atoms with Crippen LogP contribution in [0, 0.1) is 0 Å². The Morgan fingerprint density at radius 2 is 1.85 bits per heavy atom. The molecule has 2 aliphatic rings. The first-order valence-electron chi connectivity index (χ1n) is 12.8. The van der Waals surface area contributed by atoms with E-state index in [1.54, 1.807) is 16.7 Å². The lowest BCUT2D eigenvalue weighted by atomic mass is 9.81. The molecule has 3 heterocycles. The van der Waals surface area contributed by atoms with Crippen LogP contribution in [0.1, 0.15) is 25.3 Å². The fraction of sp³-hybridized carbons (Fsp3) is 0.233. The van der Waals surface area contributed by atoms with Gasteiger partial charge in [0, 0.05) is 23.4 Å². The Hall–Kier alpha value is -4.63. The standard InChI is InChI=1S/C30H26N4O5/c1-38-27(36)18-39-25-12-7-10-21-20(25)13-15-24(30(21)37)34-26(35)16-14-22(31-34)28-23-11-5-6-17-33(23)32-29(28)19-8-3-2-4-9-19/h2-11,14,16-17,24-25H,12-13,15,18H2,1H3. The molecule has 9 heteroatoms. The number of methoxy groups -OCH3 is 1. The number of pyridine rings is 1. The molecule has 0 saturated carbocycles. The maximum Gasteiger partial charge on any atom is 0.331 e. The summed E-state index contributed by atoms with van der Waals surface area (Å²) in [4.78, 5) is 38.3. The number of rotatable bonds is 6. The molecule has 0 radical (unpaired) electrons. The number of esters is 1. The third kappa shape index (κ3) is 4.51. The van der Waals surface area contributed by atoms with Crippen LogP contribution in [0.3, 0.4) is 0 Å². The third-order valence-electron chi connectivity index (χ3n) is 7.22. The van der Waals surface area contributed by atoms with E-state index in [0.717, 1.165) is 27.9 Å². The number of ether oxygens (including phenoxy) is 2. The van der Waals surface area contributed by atoms with Gasteiger partial charge >= 0.3 is 5.97 Å². The van der Waals surface area contributed by atoms with Crippen molar-refractivity contribution in [1.82, 2.24) is 19.4 Å². The number of carbonyl (C=O) groups is 2. The van der Waals surface area contributed by atoms with E-state index in [1.807, 2.05) is 60.8 Å². The topological polar surface area (TPSA) is 105 Å². The van der Waals surface area contributed by atoms with Crippen molar-refractivity contribution in [3.63, 3.8) is 0 Å². The highest BCUT2D eigenvalue weighted by Gasteiger charge is 2.36. The van der Waals surface area contributed by atoms with Crippen LogP contribution in [0.25, 0.3) is 28.0 Å². The Balaban J connectivity index is 1.39. The quantitative estimate of drug-likeness (QED) is 0.353. The zero-order valence-corrected chi connectivity index (χ0v) is 21.3. The summed E-state index contributed by atoms with van der Waals surface area (Å²) in [6.45, 7) is -0.185. The van der Waals surface area contributed by atoms with E-state index in [9.17, 15) is 14.4 Å². The normalized spacial score (nSPS) is 18.8. The van der Waals surface area contributed by atoms with Crippen LogP contribution < -0.4 is 5.56 Å². The van der Waals surface area contributed by atoms with Crippen molar-refractivity contribution in [2.45, 2.75) is 31.4 Å². The van der Waals surface area contributed by atoms with Gasteiger partial charge in [0.1, 0.15) is 18.3 Å². The second-order valence-electron chi connectivity index (χ2n) is 9.49. The zero-order chi connectivity index (χ0) is 26.9. The van der Waals surface area contributed by atoms with Gasteiger partial charge in [-0.1, -0.05) is 48.6 Å². The fourth-order valence-electron chi connectivity index (χ4n) is 5.33. The molecule has 4 aromatic rings. The lowest BCUT2D eigenvalue weighted by Crippen LogP contribution is -2.37. The lowest BCUT2D eigenvalue weighted by Gasteiger charge is -2.31. The Bertz CT molecular complexity index is 1700. The minimum absolute atomic E-state index is 0.185. The van der Waals surface area contributed by atoms with Gasteiger partial charge in [-0.25, -0.2) is 14.0 Å². The van der Waals surface area contributed by atoms with Crippen LogP contribution in [-0.2, 0) is 19.1 Å². The minimum atomic E-state index is -0.748. The number of Topliss-reactive ketones (excluding diaryl/α,β-unsaturated/α-hetero) is 1. The molecular weight excluding hydrogens is 496 g/mol. The van der Waals surface area contributed by atoms with Gasteiger partial charge in [0.2, 0.25) is 0 Å². The number of hydrogen-bond acceptors (Lipinski definition) is 7. The fourth-order valence-corrected chi connectivity index (χ4v) is 5.33. The summed E-state index contributed by atoms with van der Waals surface area (Å²) in [7, 11) is 1.31. The molecule has 2 unspecified atom stereocenters. The van der Waals surface area contributed by atoms with E-state index < -0.39 is 12.0 Å². The molecule has 0 aliphatic heterocycles. The smallest absolute Gasteiger partial charge is 0.331 e. The first-order valence-corrected chi connectivity index (χ1v) is 12.8. The third-order valence-corrected chi connectivity index (χ3v) is 7.22. The summed E-state index contributed by atoms with van der Waals surface area (Å²) >= 11 is 0. The van der Waals surface area contributed by atoms with Gasteiger partial charge in [-0.3, -0.25) is 9.59 Å². The largest absolute Gasteiger partial charge is 0.467 e. The number of carbonyl (C=O) groups excluding carboxylic acids is 2. The van der Waals surface area contributed by atoms with Gasteiger partial charge in [-0.15, -0.1) is 0 Å². The number of aromatic nitrogens is 4. The SMILES string of the molecule is COC(=O)COC1CC=CC2=C1CCC(n1nc(-c3c(-c4ccccc4)nn4ccccc34)ccc1=O)C2=O. The second-order valence-corrected chi connectivity index (χ2v) is 9.49. The molecule has 0 spiro atoms. The van der Waals surface area contributed by atoms with Crippen molar-refractivity contribution in [2.24, 2.45) is 0 Å². The van der Waals surface area contributed by atoms with Crippen molar-refractivity contribution in [2.75, 3.05) is 13.7 Å². The molecule has 6 rings (SSSR count). The predicted octanol–water partition coefficient (Wildman–Crippen LogP) is 3.94. The Labute approximate surface area is 224 Å². The van der Waals surface area contributed by atoms with Gasteiger partial charge < -0.3 is 9.47 Å². The average molecular weight is 523 g/mol. The van der Waals surface area contributed by atoms with Crippen molar-refractivity contribution in [3.8, 4) is 22.5 Å². The van der Waals surface area contributed by atoms with E-state index in [2.05, 4.69) is 4.74 Å². The number of benzene rings is 1. The Kier molecular flexibility index (Phi) is 6.50. The van der Waals surface area contributed by atoms with Crippen LogP contribution in [0.15, 0.2) is 95.0 Å². The summed E-state index contributed by atoms with van der Waals surface area (Å²) in [6, 6.07) is 18.0. The number of ketones is 1. The summed E-state index contributed by atoms with van der Waals surface area (Å²) in [5, 5.41) is 9.54. The van der Waals surface area contributed by atoms with Crippen molar-refractivity contribution < 1.29 is 19.1 Å². The second kappa shape index (κ2) is 10.3. The van der Waals surface area contributed by atoms with Crippen LogP contribution in [-0.4, -0.2) is 51.0 Å². The molecule has 9 nitrogen and oxygen atoms in total. The van der Waals surface area contributed by atoms with Crippen LogP contribution in [0.2, 0.25) is 0 Å². The monoisotopic (exact) mass is 522 g/mol. The molecule has 2 atom stereocenters. The van der Waals surface area contributed by atoms with Gasteiger partial charge in [0.15, 0.2) is 5.78 Å². The van der Waals surface area contributed by atoms with Crippen LogP contribution in [0.5, 0.6) is 0 Å². The van der Waals surface area contributed by atoms with E-state index in [1.165, 1.54) is 17.9 Å². The highest BCUT2D eigenvalue weighted by molar-refractivity contribution is 6.02. The molecule has 0 fully saturated rings. The average Bonchev–Trinajstić information content (AvgIpc) is 3.37. The molecule has 196 valence electrons. The minimum Gasteiger partial charge on any atom is -0.467 e. The molecule has 0 saturated heterocycles. The summed E-state index contributed by atoms with van der Waals surface area (Å²) in [5.41, 5.74) is 4.86. The number of nitrogens with zero attached hydrogens (tertiary/aromatic N) is 4. The lowest BCUT2D eigenvalue weighted by molar-refractivity contribution is -0.147. The molecular formula is C30H26N4O5. The molecule has 1 aromatic carbocycles. The first-order chi connectivity index (χ1) is 19.0. The summed E-state index contributed by atoms with van der Waals surface area (Å²) in [5.74, 6) is -0.657. The molecule has 39 heavy (non-hydrogen) atoms. The van der Waals surface area contributed by atoms with Crippen molar-refractivity contribution in [1.29, 1.82) is 0 Å². The van der Waals surface area contributed by atoms with Crippen LogP contribution >= 0.6 is 0 Å². The van der Waals surface area contributed by atoms with Crippen LogP contribution in [0.4, 0.5) is 0 Å². The Morgan fingerprint density at radius 1 is 1.03 bits per heavy atom. The van der Waals surface area contributed by atoms with Gasteiger partial charge in [-0.2, -0.15) is 10.2 Å². The van der Waals surface area contributed by atoms with Gasteiger partial charge in [0.05, 0.1) is 30.0 Å². The highest BCUT2D eigenvalue weighted by atomic mass is 16.6. The van der Waals surface area contributed by atoms with E-state index in [-0.39, 0.29) is 24.1 Å². The summed E-state index contributed by atoms with van der Waals surface area (Å²) in [6.07, 6.45) is 6.66. The number of allylic oxidation sites excluding steroid dienone is 2. The zero-order valence-electron chi connectivity index (χ0n) is 21.3. The van der Waals surface area contributed by atoms with Gasteiger partial charge in [0.25, 0.3) is 5.56 Å².